The van der Waals surface area contributed by atoms with Gasteiger partial charge in [0.05, 0.1) is 9.26 Å². The quantitative estimate of drug-likeness (QED) is 0.869. The number of nitrogens with one attached hydrogen (secondary N) is 1. The lowest BCUT2D eigenvalue weighted by Crippen LogP contribution is -2.05. The van der Waals surface area contributed by atoms with Crippen molar-refractivity contribution in [2.24, 2.45) is 0 Å². The van der Waals surface area contributed by atoms with Crippen LogP contribution in [-0.4, -0.2) is 17.0 Å². The van der Waals surface area contributed by atoms with Gasteiger partial charge in [-0.15, -0.1) is 11.3 Å². The first-order valence-corrected chi connectivity index (χ1v) is 6.89. The van der Waals surface area contributed by atoms with Crippen molar-refractivity contribution in [3.05, 3.63) is 37.5 Å². The highest BCUT2D eigenvalue weighted by Crippen LogP contribution is 2.20. The Bertz CT molecular complexity index is 482. The molecule has 84 valence electrons. The monoisotopic (exact) mass is 345 g/mol. The number of anilines is 1. The Balaban J connectivity index is 2.32. The van der Waals surface area contributed by atoms with Crippen LogP contribution in [0.15, 0.2) is 17.5 Å². The van der Waals surface area contributed by atoms with Crippen LogP contribution in [0.1, 0.15) is 16.4 Å². The molecule has 0 bridgehead atoms. The molecule has 0 atom stereocenters. The van der Waals surface area contributed by atoms with Crippen molar-refractivity contribution in [3.63, 3.8) is 0 Å². The zero-order valence-corrected chi connectivity index (χ0v) is 12.1. The normalized spacial score (nSPS) is 10.4. The average Bonchev–Trinajstić information content (AvgIpc) is 2.76. The van der Waals surface area contributed by atoms with Gasteiger partial charge in [0.2, 0.25) is 0 Å². The van der Waals surface area contributed by atoms with Gasteiger partial charge in [0, 0.05) is 18.3 Å². The van der Waals surface area contributed by atoms with Gasteiger partial charge >= 0.3 is 0 Å². The summed E-state index contributed by atoms with van der Waals surface area (Å²) in [6, 6.07) is 4.17. The van der Waals surface area contributed by atoms with E-state index in [1.807, 2.05) is 14.0 Å². The van der Waals surface area contributed by atoms with Crippen molar-refractivity contribution in [3.8, 4) is 0 Å². The van der Waals surface area contributed by atoms with Gasteiger partial charge < -0.3 is 5.32 Å². The number of hydrogen-bond acceptors (Lipinski definition) is 4. The number of hydrogen-bond donors (Lipinski definition) is 1. The van der Waals surface area contributed by atoms with E-state index in [0.29, 0.717) is 0 Å². The van der Waals surface area contributed by atoms with Crippen molar-refractivity contribution >= 4 is 39.7 Å². The molecule has 2 heterocycles. The number of rotatable bonds is 3. The molecule has 0 saturated heterocycles. The molecular weight excluding hydrogens is 333 g/mol. The third-order valence-electron chi connectivity index (χ3n) is 2.21. The summed E-state index contributed by atoms with van der Waals surface area (Å²) >= 11 is 4.01. The summed E-state index contributed by atoms with van der Waals surface area (Å²) in [7, 11) is 1.89. The van der Waals surface area contributed by atoms with E-state index < -0.39 is 0 Å². The Hall–Kier alpha value is -0.690. The van der Waals surface area contributed by atoms with Crippen molar-refractivity contribution in [1.82, 2.24) is 9.97 Å². The van der Waals surface area contributed by atoms with Gasteiger partial charge in [0.1, 0.15) is 11.6 Å². The van der Waals surface area contributed by atoms with Crippen molar-refractivity contribution in [2.45, 2.75) is 13.3 Å². The Labute approximate surface area is 112 Å². The predicted octanol–water partition coefficient (Wildman–Crippen LogP) is 3.08. The SMILES string of the molecule is CNc1nc(Cc2cccs2)nc(C)c1I. The minimum Gasteiger partial charge on any atom is -0.372 e. The fraction of sp³-hybridized carbons (Fsp3) is 0.273. The van der Waals surface area contributed by atoms with Crippen LogP contribution in [-0.2, 0) is 6.42 Å². The van der Waals surface area contributed by atoms with Crippen molar-refractivity contribution in [2.75, 3.05) is 12.4 Å². The van der Waals surface area contributed by atoms with Crippen LogP contribution in [0, 0.1) is 10.5 Å². The molecule has 0 spiro atoms. The molecule has 3 nitrogen and oxygen atoms in total. The standard InChI is InChI=1S/C11H12IN3S/c1-7-10(12)11(13-2)15-9(14-7)6-8-4-3-5-16-8/h3-5H,6H2,1-2H3,(H,13,14,15). The number of aryl methyl sites for hydroxylation is 1. The fourth-order valence-electron chi connectivity index (χ4n) is 1.43. The van der Waals surface area contributed by atoms with Gasteiger partial charge in [0.25, 0.3) is 0 Å². The predicted molar refractivity (Wildman–Crippen MR) is 76.2 cm³/mol. The van der Waals surface area contributed by atoms with Crippen LogP contribution in [0.4, 0.5) is 5.82 Å². The van der Waals surface area contributed by atoms with Crippen LogP contribution >= 0.6 is 33.9 Å². The zero-order valence-electron chi connectivity index (χ0n) is 9.12. The molecule has 5 heteroatoms. The number of aromatic nitrogens is 2. The van der Waals surface area contributed by atoms with Gasteiger partial charge in [-0.05, 0) is 41.0 Å². The van der Waals surface area contributed by atoms with Crippen LogP contribution in [0.25, 0.3) is 0 Å². The molecule has 0 fully saturated rings. The number of thiophene rings is 1. The first-order valence-electron chi connectivity index (χ1n) is 4.94. The summed E-state index contributed by atoms with van der Waals surface area (Å²) in [5.74, 6) is 1.80. The fourth-order valence-corrected chi connectivity index (χ4v) is 2.64. The van der Waals surface area contributed by atoms with Gasteiger partial charge in [-0.3, -0.25) is 0 Å². The summed E-state index contributed by atoms with van der Waals surface area (Å²) in [5.41, 5.74) is 1.03. The summed E-state index contributed by atoms with van der Waals surface area (Å²) in [6.45, 7) is 2.02. The van der Waals surface area contributed by atoms with Gasteiger partial charge in [-0.1, -0.05) is 6.07 Å². The zero-order chi connectivity index (χ0) is 11.5. The Kier molecular flexibility index (Phi) is 3.75. The lowest BCUT2D eigenvalue weighted by Gasteiger charge is -2.07. The third-order valence-corrected chi connectivity index (χ3v) is 4.38. The third kappa shape index (κ3) is 2.52. The molecule has 0 amide bonds. The van der Waals surface area contributed by atoms with E-state index in [9.17, 15) is 0 Å². The molecule has 0 aliphatic rings. The van der Waals surface area contributed by atoms with Crippen molar-refractivity contribution in [1.29, 1.82) is 0 Å². The topological polar surface area (TPSA) is 37.8 Å². The smallest absolute Gasteiger partial charge is 0.143 e. The lowest BCUT2D eigenvalue weighted by molar-refractivity contribution is 0.945. The average molecular weight is 345 g/mol. The maximum Gasteiger partial charge on any atom is 0.143 e. The van der Waals surface area contributed by atoms with Crippen LogP contribution in [0.2, 0.25) is 0 Å². The largest absolute Gasteiger partial charge is 0.372 e. The van der Waals surface area contributed by atoms with E-state index in [0.717, 1.165) is 27.3 Å². The highest BCUT2D eigenvalue weighted by Gasteiger charge is 2.08. The highest BCUT2D eigenvalue weighted by molar-refractivity contribution is 14.1. The van der Waals surface area contributed by atoms with E-state index >= 15 is 0 Å². The highest BCUT2D eigenvalue weighted by atomic mass is 127. The van der Waals surface area contributed by atoms with E-state index in [1.165, 1.54) is 4.88 Å². The minimum atomic E-state index is 0.810. The van der Waals surface area contributed by atoms with Crippen LogP contribution < -0.4 is 5.32 Å². The molecule has 0 aliphatic heterocycles. The molecule has 16 heavy (non-hydrogen) atoms. The van der Waals surface area contributed by atoms with E-state index in [1.54, 1.807) is 11.3 Å². The van der Waals surface area contributed by atoms with E-state index in [-0.39, 0.29) is 0 Å². The van der Waals surface area contributed by atoms with Crippen molar-refractivity contribution < 1.29 is 0 Å². The molecule has 0 unspecified atom stereocenters. The maximum atomic E-state index is 4.50. The molecule has 2 aromatic rings. The lowest BCUT2D eigenvalue weighted by atomic mass is 10.3. The molecular formula is C11H12IN3S. The summed E-state index contributed by atoms with van der Waals surface area (Å²) in [4.78, 5) is 10.3. The van der Waals surface area contributed by atoms with Gasteiger partial charge in [-0.2, -0.15) is 0 Å². The van der Waals surface area contributed by atoms with Crippen LogP contribution in [0.5, 0.6) is 0 Å². The molecule has 0 saturated carbocycles. The molecule has 2 aromatic heterocycles. The molecule has 0 aliphatic carbocycles. The molecule has 0 radical (unpaired) electrons. The van der Waals surface area contributed by atoms with E-state index in [2.05, 4.69) is 55.4 Å². The summed E-state index contributed by atoms with van der Waals surface area (Å²) in [6.07, 6.45) is 0.810. The molecule has 2 rings (SSSR count). The maximum absolute atomic E-state index is 4.50. The number of halogens is 1. The second kappa shape index (κ2) is 5.09. The molecule has 0 aromatic carbocycles. The van der Waals surface area contributed by atoms with E-state index in [4.69, 9.17) is 0 Å². The second-order valence-electron chi connectivity index (χ2n) is 3.39. The Morgan fingerprint density at radius 1 is 1.44 bits per heavy atom. The number of nitrogens with zero attached hydrogens (tertiary/aromatic N) is 2. The first kappa shape index (κ1) is 11.8. The Morgan fingerprint density at radius 2 is 2.25 bits per heavy atom. The van der Waals surface area contributed by atoms with Gasteiger partial charge in [0.15, 0.2) is 0 Å². The summed E-state index contributed by atoms with van der Waals surface area (Å²) < 4.78 is 1.09. The second-order valence-corrected chi connectivity index (χ2v) is 5.50. The van der Waals surface area contributed by atoms with Gasteiger partial charge in [-0.25, -0.2) is 9.97 Å². The molecule has 1 N–H and O–H groups in total. The van der Waals surface area contributed by atoms with Crippen LogP contribution in [0.3, 0.4) is 0 Å². The summed E-state index contributed by atoms with van der Waals surface area (Å²) in [5, 5.41) is 5.18. The first-order chi connectivity index (χ1) is 7.70. The minimum absolute atomic E-state index is 0.810. The Morgan fingerprint density at radius 3 is 2.88 bits per heavy atom.